The average Bonchev–Trinajstić information content (AvgIpc) is 2.45. The summed E-state index contributed by atoms with van der Waals surface area (Å²) in [5, 5.41) is 8.52. The van der Waals surface area contributed by atoms with Crippen molar-refractivity contribution in [1.82, 2.24) is 4.98 Å². The summed E-state index contributed by atoms with van der Waals surface area (Å²) in [5.41, 5.74) is 9.68. The van der Waals surface area contributed by atoms with E-state index in [2.05, 4.69) is 4.98 Å². The summed E-state index contributed by atoms with van der Waals surface area (Å²) < 4.78 is 14.1. The number of aromatic nitrogens is 1. The van der Waals surface area contributed by atoms with Crippen molar-refractivity contribution in [3.63, 3.8) is 0 Å². The number of anilines is 1. The Morgan fingerprint density at radius 1 is 1.24 bits per heavy atom. The van der Waals surface area contributed by atoms with Crippen molar-refractivity contribution in [1.29, 1.82) is 0 Å². The summed E-state index contributed by atoms with van der Waals surface area (Å²) in [6.45, 7) is 0. The van der Waals surface area contributed by atoms with Gasteiger partial charge in [-0.2, -0.15) is 0 Å². The molecule has 0 fully saturated rings. The van der Waals surface area contributed by atoms with E-state index in [1.807, 2.05) is 0 Å². The van der Waals surface area contributed by atoms with Crippen LogP contribution in [0.4, 0.5) is 10.1 Å². The molecular formula is C13H9ClFN3O3. The van der Waals surface area contributed by atoms with Gasteiger partial charge in [-0.1, -0.05) is 23.7 Å². The summed E-state index contributed by atoms with van der Waals surface area (Å²) in [6, 6.07) is 5.49. The normalized spacial score (nSPS) is 10.4. The number of halogens is 2. The number of primary amides is 1. The molecule has 1 aromatic carbocycles. The third-order valence-electron chi connectivity index (χ3n) is 2.76. The second-order valence-corrected chi connectivity index (χ2v) is 4.48. The minimum atomic E-state index is -1.43. The lowest BCUT2D eigenvalue weighted by atomic mass is 10.1. The zero-order valence-corrected chi connectivity index (χ0v) is 11.2. The quantitative estimate of drug-likeness (QED) is 0.800. The van der Waals surface area contributed by atoms with E-state index in [0.29, 0.717) is 0 Å². The van der Waals surface area contributed by atoms with Crippen LogP contribution in [0.25, 0.3) is 11.3 Å². The molecular weight excluding hydrogens is 301 g/mol. The fourth-order valence-electron chi connectivity index (χ4n) is 1.69. The average molecular weight is 310 g/mol. The third-order valence-corrected chi connectivity index (χ3v) is 3.14. The standard InChI is InChI=1S/C13H9ClFN3O3/c14-7-9(16)8(15)10(18-11(7)13(20)21)5-1-3-6(4-2-5)12(17)19/h1-4H,(H2,16,18)(H2,17,19)(H,20,21). The molecule has 0 radical (unpaired) electrons. The maximum atomic E-state index is 14.1. The summed E-state index contributed by atoms with van der Waals surface area (Å²) in [4.78, 5) is 25.7. The van der Waals surface area contributed by atoms with Crippen LogP contribution in [0, 0.1) is 5.82 Å². The lowest BCUT2D eigenvalue weighted by Gasteiger charge is -2.09. The number of pyridine rings is 1. The van der Waals surface area contributed by atoms with E-state index in [-0.39, 0.29) is 16.8 Å². The molecule has 1 heterocycles. The van der Waals surface area contributed by atoms with Gasteiger partial charge in [-0.3, -0.25) is 4.79 Å². The van der Waals surface area contributed by atoms with Crippen LogP contribution in [-0.4, -0.2) is 22.0 Å². The number of hydrogen-bond donors (Lipinski definition) is 3. The van der Waals surface area contributed by atoms with Gasteiger partial charge in [0.25, 0.3) is 0 Å². The SMILES string of the molecule is NC(=O)c1ccc(-c2nc(C(=O)O)c(Cl)c(N)c2F)cc1. The number of carbonyl (C=O) groups is 2. The molecule has 0 unspecified atom stereocenters. The number of carbonyl (C=O) groups excluding carboxylic acids is 1. The molecule has 2 aromatic rings. The van der Waals surface area contributed by atoms with E-state index >= 15 is 0 Å². The highest BCUT2D eigenvalue weighted by Gasteiger charge is 2.21. The summed E-state index contributed by atoms with van der Waals surface area (Å²) in [6.07, 6.45) is 0. The molecule has 1 aromatic heterocycles. The van der Waals surface area contributed by atoms with Crippen LogP contribution >= 0.6 is 11.6 Å². The Bertz CT molecular complexity index is 747. The van der Waals surface area contributed by atoms with Crippen molar-refractivity contribution >= 4 is 29.2 Å². The molecule has 6 nitrogen and oxygen atoms in total. The number of nitrogens with two attached hydrogens (primary N) is 2. The lowest BCUT2D eigenvalue weighted by Crippen LogP contribution is -2.11. The van der Waals surface area contributed by atoms with E-state index < -0.39 is 34.1 Å². The number of rotatable bonds is 3. The van der Waals surface area contributed by atoms with Crippen LogP contribution in [0.15, 0.2) is 24.3 Å². The Morgan fingerprint density at radius 3 is 2.29 bits per heavy atom. The molecule has 5 N–H and O–H groups in total. The molecule has 2 rings (SSSR count). The smallest absolute Gasteiger partial charge is 0.356 e. The Hall–Kier alpha value is -2.67. The van der Waals surface area contributed by atoms with Gasteiger partial charge in [-0.15, -0.1) is 0 Å². The highest BCUT2D eigenvalue weighted by atomic mass is 35.5. The Balaban J connectivity index is 2.63. The number of nitrogens with zero attached hydrogens (tertiary/aromatic N) is 1. The summed E-state index contributed by atoms with van der Waals surface area (Å²) in [5.74, 6) is -3.00. The van der Waals surface area contributed by atoms with Crippen LogP contribution in [0.1, 0.15) is 20.8 Å². The molecule has 0 saturated heterocycles. The van der Waals surface area contributed by atoms with Gasteiger partial charge in [0.15, 0.2) is 11.5 Å². The van der Waals surface area contributed by atoms with Crippen molar-refractivity contribution in [2.24, 2.45) is 5.73 Å². The summed E-state index contributed by atoms with van der Waals surface area (Å²) in [7, 11) is 0. The molecule has 0 saturated carbocycles. The molecule has 0 bridgehead atoms. The first-order valence-electron chi connectivity index (χ1n) is 5.61. The van der Waals surface area contributed by atoms with Gasteiger partial charge in [-0.25, -0.2) is 14.2 Å². The molecule has 8 heteroatoms. The fourth-order valence-corrected chi connectivity index (χ4v) is 1.89. The minimum Gasteiger partial charge on any atom is -0.476 e. The number of aromatic carboxylic acids is 1. The van der Waals surface area contributed by atoms with Crippen molar-refractivity contribution in [2.75, 3.05) is 5.73 Å². The van der Waals surface area contributed by atoms with Crippen LogP contribution in [0.5, 0.6) is 0 Å². The van der Waals surface area contributed by atoms with Crippen molar-refractivity contribution in [3.05, 3.63) is 46.4 Å². The molecule has 108 valence electrons. The number of carboxylic acids is 1. The molecule has 1 amide bonds. The Morgan fingerprint density at radius 2 is 1.81 bits per heavy atom. The zero-order valence-electron chi connectivity index (χ0n) is 10.4. The number of amides is 1. The second kappa shape index (κ2) is 5.37. The highest BCUT2D eigenvalue weighted by molar-refractivity contribution is 6.35. The Kier molecular flexibility index (Phi) is 3.77. The van der Waals surface area contributed by atoms with Gasteiger partial charge in [0, 0.05) is 11.1 Å². The van der Waals surface area contributed by atoms with Gasteiger partial charge in [0.1, 0.15) is 5.69 Å². The first-order valence-corrected chi connectivity index (χ1v) is 5.98. The minimum absolute atomic E-state index is 0.222. The predicted molar refractivity (Wildman–Crippen MR) is 74.5 cm³/mol. The number of benzene rings is 1. The largest absolute Gasteiger partial charge is 0.476 e. The van der Waals surface area contributed by atoms with Gasteiger partial charge >= 0.3 is 5.97 Å². The molecule has 0 spiro atoms. The van der Waals surface area contributed by atoms with Gasteiger partial charge < -0.3 is 16.6 Å². The number of carboxylic acid groups (broad SMARTS) is 1. The van der Waals surface area contributed by atoms with Crippen LogP contribution < -0.4 is 11.5 Å². The number of nitrogen functional groups attached to an aromatic ring is 1. The maximum Gasteiger partial charge on any atom is 0.356 e. The van der Waals surface area contributed by atoms with Crippen LogP contribution in [-0.2, 0) is 0 Å². The summed E-state index contributed by atoms with van der Waals surface area (Å²) >= 11 is 5.65. The molecule has 0 aliphatic carbocycles. The molecule has 21 heavy (non-hydrogen) atoms. The van der Waals surface area contributed by atoms with E-state index in [1.54, 1.807) is 0 Å². The maximum absolute atomic E-state index is 14.1. The fraction of sp³-hybridized carbons (Fsp3) is 0. The molecule has 0 atom stereocenters. The molecule has 0 aliphatic heterocycles. The van der Waals surface area contributed by atoms with Gasteiger partial charge in [0.2, 0.25) is 5.91 Å². The van der Waals surface area contributed by atoms with E-state index in [9.17, 15) is 14.0 Å². The molecule has 0 aliphatic rings. The zero-order chi connectivity index (χ0) is 15.7. The van der Waals surface area contributed by atoms with E-state index in [1.165, 1.54) is 24.3 Å². The van der Waals surface area contributed by atoms with Gasteiger partial charge in [0.05, 0.1) is 10.7 Å². The van der Waals surface area contributed by atoms with Gasteiger partial charge in [-0.05, 0) is 12.1 Å². The Labute approximate surface area is 123 Å². The van der Waals surface area contributed by atoms with Crippen LogP contribution in [0.2, 0.25) is 5.02 Å². The van der Waals surface area contributed by atoms with Crippen molar-refractivity contribution < 1.29 is 19.1 Å². The van der Waals surface area contributed by atoms with E-state index in [4.69, 9.17) is 28.2 Å². The predicted octanol–water partition coefficient (Wildman–Crippen LogP) is 1.92. The third kappa shape index (κ3) is 2.63. The second-order valence-electron chi connectivity index (χ2n) is 4.10. The van der Waals surface area contributed by atoms with E-state index in [0.717, 1.165) is 0 Å². The van der Waals surface area contributed by atoms with Crippen molar-refractivity contribution in [2.45, 2.75) is 0 Å². The highest BCUT2D eigenvalue weighted by Crippen LogP contribution is 2.32. The van der Waals surface area contributed by atoms with Crippen LogP contribution in [0.3, 0.4) is 0 Å². The first-order chi connectivity index (χ1) is 9.82. The monoisotopic (exact) mass is 309 g/mol. The topological polar surface area (TPSA) is 119 Å². The lowest BCUT2D eigenvalue weighted by molar-refractivity contribution is 0.0690. The number of hydrogen-bond acceptors (Lipinski definition) is 4. The first kappa shape index (κ1) is 14.7. The van der Waals surface area contributed by atoms with Crippen molar-refractivity contribution in [3.8, 4) is 11.3 Å².